The lowest BCUT2D eigenvalue weighted by Crippen LogP contribution is -2.45. The van der Waals surface area contributed by atoms with E-state index in [1.165, 1.54) is 25.7 Å². The minimum atomic E-state index is -1.23. The molecule has 0 radical (unpaired) electrons. The van der Waals surface area contributed by atoms with Crippen LogP contribution < -0.4 is 10.6 Å². The van der Waals surface area contributed by atoms with Crippen molar-refractivity contribution in [1.82, 2.24) is 15.5 Å². The summed E-state index contributed by atoms with van der Waals surface area (Å²) in [4.78, 5) is 46.9. The number of nitrogens with zero attached hydrogens (tertiary/aromatic N) is 1. The van der Waals surface area contributed by atoms with Gasteiger partial charge in [0.2, 0.25) is 11.8 Å². The molecule has 1 aliphatic heterocycles. The van der Waals surface area contributed by atoms with Crippen LogP contribution in [0.5, 0.6) is 0 Å². The van der Waals surface area contributed by atoms with Gasteiger partial charge < -0.3 is 15.3 Å². The molecule has 0 saturated carbocycles. The van der Waals surface area contributed by atoms with Gasteiger partial charge in [0.25, 0.3) is 0 Å². The maximum absolute atomic E-state index is 11.9. The first kappa shape index (κ1) is 16.9. The van der Waals surface area contributed by atoms with Crippen LogP contribution in [0.2, 0.25) is 0 Å². The van der Waals surface area contributed by atoms with Gasteiger partial charge in [0.15, 0.2) is 0 Å². The molecule has 21 heavy (non-hydrogen) atoms. The first-order chi connectivity index (χ1) is 9.61. The molecule has 0 aromatic heterocycles. The number of nitrogens with one attached hydrogen (secondary N) is 2. The Morgan fingerprint density at radius 3 is 2.43 bits per heavy atom. The predicted molar refractivity (Wildman–Crippen MR) is 73.4 cm³/mol. The average Bonchev–Trinajstić information content (AvgIpc) is 2.75. The molecule has 0 aromatic rings. The fourth-order valence-corrected chi connectivity index (χ4v) is 2.07. The molecule has 1 saturated heterocycles. The summed E-state index contributed by atoms with van der Waals surface area (Å²) < 4.78 is 0. The molecular formula is C13H21N3O5. The third kappa shape index (κ3) is 5.05. The summed E-state index contributed by atoms with van der Waals surface area (Å²) in [5, 5.41) is 13.8. The van der Waals surface area contributed by atoms with Crippen LogP contribution in [0.25, 0.3) is 0 Å². The number of carbonyl (C=O) groups excluding carboxylic acids is 3. The van der Waals surface area contributed by atoms with Gasteiger partial charge in [-0.25, -0.2) is 4.79 Å². The van der Waals surface area contributed by atoms with Crippen molar-refractivity contribution in [2.24, 2.45) is 5.41 Å². The maximum atomic E-state index is 11.9. The molecule has 1 atom stereocenters. The lowest BCUT2D eigenvalue weighted by Gasteiger charge is -2.20. The number of carboxylic acids is 1. The lowest BCUT2D eigenvalue weighted by atomic mass is 9.89. The monoisotopic (exact) mass is 299 g/mol. The zero-order valence-corrected chi connectivity index (χ0v) is 12.4. The molecule has 1 heterocycles. The molecule has 0 spiro atoms. The first-order valence-corrected chi connectivity index (χ1v) is 6.71. The quantitative estimate of drug-likeness (QED) is 0.672. The number of hydrogen-bond donors (Lipinski definition) is 3. The Morgan fingerprint density at radius 2 is 1.90 bits per heavy atom. The van der Waals surface area contributed by atoms with Crippen molar-refractivity contribution >= 4 is 23.8 Å². The van der Waals surface area contributed by atoms with Crippen molar-refractivity contribution in [1.29, 1.82) is 0 Å². The lowest BCUT2D eigenvalue weighted by molar-refractivity contribution is -0.149. The third-order valence-corrected chi connectivity index (χ3v) is 3.31. The zero-order valence-electron chi connectivity index (χ0n) is 12.4. The molecule has 1 aliphatic rings. The summed E-state index contributed by atoms with van der Waals surface area (Å²) in [6, 6.07) is -0.673. The zero-order chi connectivity index (χ0) is 16.2. The number of carbonyl (C=O) groups is 4. The molecule has 4 amide bonds. The molecule has 3 N–H and O–H groups in total. The minimum absolute atomic E-state index is 0.112. The van der Waals surface area contributed by atoms with Crippen LogP contribution >= 0.6 is 0 Å². The Morgan fingerprint density at radius 1 is 1.29 bits per heavy atom. The van der Waals surface area contributed by atoms with Gasteiger partial charge in [-0.05, 0) is 20.3 Å². The highest BCUT2D eigenvalue weighted by Gasteiger charge is 2.32. The van der Waals surface area contributed by atoms with Gasteiger partial charge in [0, 0.05) is 32.5 Å². The van der Waals surface area contributed by atoms with Gasteiger partial charge in [0.05, 0.1) is 5.41 Å². The summed E-state index contributed by atoms with van der Waals surface area (Å²) in [6.07, 6.45) is 0.346. The fraction of sp³-hybridized carbons (Fsp3) is 0.692. The Hall–Kier alpha value is -2.12. The molecule has 118 valence electrons. The van der Waals surface area contributed by atoms with Gasteiger partial charge in [-0.1, -0.05) is 0 Å². The largest absolute Gasteiger partial charge is 0.481 e. The van der Waals surface area contributed by atoms with Gasteiger partial charge in [-0.2, -0.15) is 0 Å². The van der Waals surface area contributed by atoms with E-state index in [2.05, 4.69) is 10.6 Å². The summed E-state index contributed by atoms with van der Waals surface area (Å²) in [5.74, 6) is -1.89. The van der Waals surface area contributed by atoms with Crippen LogP contribution in [0, 0.1) is 5.41 Å². The van der Waals surface area contributed by atoms with Crippen molar-refractivity contribution in [3.8, 4) is 0 Å². The fourth-order valence-electron chi connectivity index (χ4n) is 2.07. The van der Waals surface area contributed by atoms with Crippen LogP contribution in [-0.4, -0.2) is 53.0 Å². The number of amides is 4. The van der Waals surface area contributed by atoms with Crippen LogP contribution in [0.4, 0.5) is 4.79 Å². The third-order valence-electron chi connectivity index (χ3n) is 3.31. The van der Waals surface area contributed by atoms with Crippen molar-refractivity contribution in [3.05, 3.63) is 0 Å². The Kier molecular flexibility index (Phi) is 5.28. The highest BCUT2D eigenvalue weighted by molar-refractivity contribution is 5.96. The van der Waals surface area contributed by atoms with Crippen molar-refractivity contribution < 1.29 is 24.3 Å². The van der Waals surface area contributed by atoms with E-state index in [9.17, 15) is 19.2 Å². The van der Waals surface area contributed by atoms with Gasteiger partial charge >= 0.3 is 12.0 Å². The molecule has 1 unspecified atom stereocenters. The smallest absolute Gasteiger partial charge is 0.324 e. The summed E-state index contributed by atoms with van der Waals surface area (Å²) >= 11 is 0. The Balaban J connectivity index is 2.46. The van der Waals surface area contributed by atoms with E-state index in [-0.39, 0.29) is 18.4 Å². The molecule has 1 fully saturated rings. The second-order valence-corrected chi connectivity index (χ2v) is 5.85. The number of rotatable bonds is 4. The van der Waals surface area contributed by atoms with Crippen LogP contribution in [0.3, 0.4) is 0 Å². The summed E-state index contributed by atoms with van der Waals surface area (Å²) in [7, 11) is 0. The first-order valence-electron chi connectivity index (χ1n) is 6.71. The van der Waals surface area contributed by atoms with Crippen molar-refractivity contribution in [2.75, 3.05) is 13.1 Å². The maximum Gasteiger partial charge on any atom is 0.324 e. The minimum Gasteiger partial charge on any atom is -0.481 e. The van der Waals surface area contributed by atoms with Crippen molar-refractivity contribution in [3.63, 3.8) is 0 Å². The van der Waals surface area contributed by atoms with E-state index in [1.54, 1.807) is 0 Å². The number of aliphatic carboxylic acids is 1. The van der Waals surface area contributed by atoms with Gasteiger partial charge in [0.1, 0.15) is 0 Å². The Labute approximate surface area is 122 Å². The highest BCUT2D eigenvalue weighted by Crippen LogP contribution is 2.20. The number of likely N-dealkylation sites (tertiary alicyclic amines) is 1. The summed E-state index contributed by atoms with van der Waals surface area (Å²) in [5.41, 5.74) is -1.23. The SMILES string of the molecule is CC(=O)NC1CCN(C(=O)NC(=O)CC(C)(C)C(=O)O)C1. The highest BCUT2D eigenvalue weighted by atomic mass is 16.4. The van der Waals surface area contributed by atoms with Crippen LogP contribution in [0.1, 0.15) is 33.6 Å². The van der Waals surface area contributed by atoms with E-state index in [0.29, 0.717) is 19.5 Å². The van der Waals surface area contributed by atoms with Crippen LogP contribution in [0.15, 0.2) is 0 Å². The van der Waals surface area contributed by atoms with E-state index in [1.807, 2.05) is 0 Å². The van der Waals surface area contributed by atoms with E-state index in [0.717, 1.165) is 0 Å². The standard InChI is InChI=1S/C13H21N3O5/c1-8(17)14-9-4-5-16(7-9)12(21)15-10(18)6-13(2,3)11(19)20/h9H,4-7H2,1-3H3,(H,14,17)(H,19,20)(H,15,18,21). The molecule has 1 rings (SSSR count). The van der Waals surface area contributed by atoms with Crippen molar-refractivity contribution in [2.45, 2.75) is 39.7 Å². The number of urea groups is 1. The molecule has 0 aromatic carbocycles. The topological polar surface area (TPSA) is 116 Å². The second kappa shape index (κ2) is 6.55. The number of hydrogen-bond acceptors (Lipinski definition) is 4. The van der Waals surface area contributed by atoms with Gasteiger partial charge in [-0.3, -0.25) is 19.7 Å². The average molecular weight is 299 g/mol. The van der Waals surface area contributed by atoms with E-state index < -0.39 is 23.3 Å². The normalized spacial score (nSPS) is 18.2. The molecule has 8 nitrogen and oxygen atoms in total. The molecular weight excluding hydrogens is 278 g/mol. The Bertz CT molecular complexity index is 461. The van der Waals surface area contributed by atoms with Crippen LogP contribution in [-0.2, 0) is 14.4 Å². The summed E-state index contributed by atoms with van der Waals surface area (Å²) in [6.45, 7) is 5.01. The second-order valence-electron chi connectivity index (χ2n) is 5.85. The number of imide groups is 1. The van der Waals surface area contributed by atoms with Gasteiger partial charge in [-0.15, -0.1) is 0 Å². The molecule has 0 bridgehead atoms. The number of carboxylic acid groups (broad SMARTS) is 1. The molecule has 0 aliphatic carbocycles. The van der Waals surface area contributed by atoms with E-state index >= 15 is 0 Å². The van der Waals surface area contributed by atoms with E-state index in [4.69, 9.17) is 5.11 Å². The predicted octanol–water partition coefficient (Wildman–Crippen LogP) is -0.0661. The molecule has 8 heteroatoms.